The second-order valence-corrected chi connectivity index (χ2v) is 7.17. The fourth-order valence-corrected chi connectivity index (χ4v) is 2.94. The van der Waals surface area contributed by atoms with Crippen molar-refractivity contribution in [3.63, 3.8) is 0 Å². The van der Waals surface area contributed by atoms with E-state index in [-0.39, 0.29) is 0 Å². The van der Waals surface area contributed by atoms with Crippen molar-refractivity contribution in [3.8, 4) is 11.3 Å². The zero-order valence-corrected chi connectivity index (χ0v) is 16.6. The number of aromatic nitrogens is 2. The van der Waals surface area contributed by atoms with Crippen LogP contribution in [0.5, 0.6) is 0 Å². The smallest absolute Gasteiger partial charge is 0.124 e. The van der Waals surface area contributed by atoms with Crippen LogP contribution in [0.15, 0.2) is 65.7 Å². The van der Waals surface area contributed by atoms with Crippen molar-refractivity contribution in [2.45, 2.75) is 11.8 Å². The van der Waals surface area contributed by atoms with Gasteiger partial charge < -0.3 is 11.1 Å². The fourth-order valence-electron chi connectivity index (χ4n) is 2.31. The highest BCUT2D eigenvalue weighted by Gasteiger charge is 2.03. The lowest BCUT2D eigenvalue weighted by molar-refractivity contribution is 1.01. The molecule has 0 spiro atoms. The third-order valence-electron chi connectivity index (χ3n) is 3.68. The van der Waals surface area contributed by atoms with Gasteiger partial charge in [-0.15, -0.1) is 22.8 Å². The lowest BCUT2D eigenvalue weighted by atomic mass is 10.1. The highest BCUT2D eigenvalue weighted by Crippen LogP contribution is 2.22. The van der Waals surface area contributed by atoms with Gasteiger partial charge in [-0.25, -0.2) is 0 Å². The molecule has 0 aliphatic rings. The summed E-state index contributed by atoms with van der Waals surface area (Å²) in [6.45, 7) is 2.03. The first-order chi connectivity index (χ1) is 12.0. The maximum absolute atomic E-state index is 6.18. The van der Waals surface area contributed by atoms with E-state index < -0.39 is 0 Å². The van der Waals surface area contributed by atoms with Gasteiger partial charge in [0.1, 0.15) is 3.70 Å². The van der Waals surface area contributed by atoms with Crippen LogP contribution in [0.3, 0.4) is 0 Å². The van der Waals surface area contributed by atoms with E-state index in [0.717, 1.165) is 31.1 Å². The first-order valence-corrected chi connectivity index (χ1v) is 9.17. The van der Waals surface area contributed by atoms with Crippen molar-refractivity contribution in [1.82, 2.24) is 10.2 Å². The summed E-state index contributed by atoms with van der Waals surface area (Å²) < 4.78 is 0.871. The molecule has 0 aliphatic carbocycles. The molecular formula is C19H17IN4S. The Morgan fingerprint density at radius 3 is 2.48 bits per heavy atom. The number of anilines is 1. The summed E-state index contributed by atoms with van der Waals surface area (Å²) in [5.41, 5.74) is 11.7. The Hall–Kier alpha value is -2.06. The van der Waals surface area contributed by atoms with Gasteiger partial charge in [0, 0.05) is 16.7 Å². The number of halogens is 1. The van der Waals surface area contributed by atoms with Gasteiger partial charge in [0.25, 0.3) is 0 Å². The Balaban J connectivity index is 1.75. The highest BCUT2D eigenvalue weighted by atomic mass is 127. The second kappa shape index (κ2) is 7.88. The Kier molecular flexibility index (Phi) is 5.60. The van der Waals surface area contributed by atoms with E-state index in [1.54, 1.807) is 6.20 Å². The van der Waals surface area contributed by atoms with Crippen LogP contribution in [0, 0.1) is 10.6 Å². The van der Waals surface area contributed by atoms with Crippen molar-refractivity contribution in [2.24, 2.45) is 5.73 Å². The Morgan fingerprint density at radius 1 is 1.08 bits per heavy atom. The number of rotatable bonds is 4. The predicted octanol–water partition coefficient (Wildman–Crippen LogP) is 4.71. The zero-order chi connectivity index (χ0) is 17.8. The van der Waals surface area contributed by atoms with Crippen molar-refractivity contribution in [1.29, 1.82) is 0 Å². The Bertz CT molecular complexity index is 906. The molecule has 3 N–H and O–H groups in total. The van der Waals surface area contributed by atoms with Crippen LogP contribution in [-0.4, -0.2) is 10.2 Å². The molecule has 25 heavy (non-hydrogen) atoms. The minimum Gasteiger partial charge on any atom is -0.397 e. The molecular weight excluding hydrogens is 443 g/mol. The van der Waals surface area contributed by atoms with Crippen LogP contribution in [0.2, 0.25) is 0 Å². The summed E-state index contributed by atoms with van der Waals surface area (Å²) in [6.07, 6.45) is 1.78. The third-order valence-corrected chi connectivity index (χ3v) is 4.63. The summed E-state index contributed by atoms with van der Waals surface area (Å²) >= 11 is 6.61. The molecule has 1 heterocycles. The average molecular weight is 460 g/mol. The van der Waals surface area contributed by atoms with E-state index >= 15 is 0 Å². The Morgan fingerprint density at radius 2 is 1.84 bits per heavy atom. The van der Waals surface area contributed by atoms with Gasteiger partial charge in [-0.3, -0.25) is 0 Å². The number of nitrogens with one attached hydrogen (secondary N) is 1. The molecule has 0 bridgehead atoms. The van der Waals surface area contributed by atoms with E-state index in [4.69, 9.17) is 5.73 Å². The molecule has 1 aromatic heterocycles. The molecule has 0 saturated carbocycles. The first kappa shape index (κ1) is 17.8. The third kappa shape index (κ3) is 4.52. The predicted molar refractivity (Wildman–Crippen MR) is 114 cm³/mol. The molecule has 2 aromatic carbocycles. The number of thiol groups is 1. The molecule has 0 radical (unpaired) electrons. The van der Waals surface area contributed by atoms with E-state index in [0.29, 0.717) is 5.70 Å². The average Bonchev–Trinajstić information content (AvgIpc) is 2.61. The lowest BCUT2D eigenvalue weighted by Gasteiger charge is -2.08. The minimum absolute atomic E-state index is 0.647. The molecule has 0 amide bonds. The maximum Gasteiger partial charge on any atom is 0.124 e. The number of aryl methyl sites for hydroxylation is 1. The van der Waals surface area contributed by atoms with Gasteiger partial charge in [0.2, 0.25) is 0 Å². The number of benzene rings is 2. The van der Waals surface area contributed by atoms with Crippen molar-refractivity contribution in [3.05, 3.63) is 75.6 Å². The molecule has 126 valence electrons. The largest absolute Gasteiger partial charge is 0.397 e. The molecule has 0 atom stereocenters. The monoisotopic (exact) mass is 460 g/mol. The molecule has 0 saturated heterocycles. The number of hydrogen-bond acceptors (Lipinski definition) is 5. The lowest BCUT2D eigenvalue weighted by Crippen LogP contribution is -2.01. The van der Waals surface area contributed by atoms with Crippen molar-refractivity contribution >= 4 is 46.6 Å². The Labute approximate surface area is 166 Å². The summed E-state index contributed by atoms with van der Waals surface area (Å²) in [4.78, 5) is 0.886. The van der Waals surface area contributed by atoms with Gasteiger partial charge in [-0.2, -0.15) is 0 Å². The quantitative estimate of drug-likeness (QED) is 0.390. The molecule has 3 aromatic rings. The van der Waals surface area contributed by atoms with Gasteiger partial charge in [-0.05, 0) is 64.9 Å². The van der Waals surface area contributed by atoms with Crippen LogP contribution in [0.25, 0.3) is 17.0 Å². The van der Waals surface area contributed by atoms with E-state index in [1.165, 1.54) is 5.56 Å². The summed E-state index contributed by atoms with van der Waals surface area (Å²) in [5.74, 6) is 0. The molecule has 4 nitrogen and oxygen atoms in total. The maximum atomic E-state index is 6.18. The van der Waals surface area contributed by atoms with E-state index in [9.17, 15) is 0 Å². The van der Waals surface area contributed by atoms with Crippen LogP contribution in [-0.2, 0) is 0 Å². The molecule has 3 rings (SSSR count). The van der Waals surface area contributed by atoms with Crippen LogP contribution >= 0.6 is 35.2 Å². The normalized spacial score (nSPS) is 11.4. The van der Waals surface area contributed by atoms with Gasteiger partial charge in [0.15, 0.2) is 0 Å². The van der Waals surface area contributed by atoms with Crippen LogP contribution in [0.1, 0.15) is 11.1 Å². The van der Waals surface area contributed by atoms with E-state index in [2.05, 4.69) is 50.7 Å². The molecule has 0 unspecified atom stereocenters. The zero-order valence-electron chi connectivity index (χ0n) is 13.6. The summed E-state index contributed by atoms with van der Waals surface area (Å²) in [5, 5.41) is 11.5. The second-order valence-electron chi connectivity index (χ2n) is 5.58. The highest BCUT2D eigenvalue weighted by molar-refractivity contribution is 14.1. The van der Waals surface area contributed by atoms with Crippen molar-refractivity contribution < 1.29 is 0 Å². The topological polar surface area (TPSA) is 63.8 Å². The molecule has 0 fully saturated rings. The molecule has 0 aliphatic heterocycles. The van der Waals surface area contributed by atoms with Crippen LogP contribution < -0.4 is 11.1 Å². The molecule has 6 heteroatoms. The van der Waals surface area contributed by atoms with Gasteiger partial charge in [-0.1, -0.05) is 30.3 Å². The van der Waals surface area contributed by atoms with Crippen LogP contribution in [0.4, 0.5) is 5.69 Å². The number of nitrogens with two attached hydrogens (primary N) is 1. The summed E-state index contributed by atoms with van der Waals surface area (Å²) in [7, 11) is 0. The SMILES string of the molecule is Cc1ccc(N/C=C(\N)c2ccc(-c3ccc(I)nn3)cc2)c(S)c1. The van der Waals surface area contributed by atoms with E-state index in [1.807, 2.05) is 61.5 Å². The first-order valence-electron chi connectivity index (χ1n) is 7.65. The van der Waals surface area contributed by atoms with Gasteiger partial charge >= 0.3 is 0 Å². The van der Waals surface area contributed by atoms with Crippen molar-refractivity contribution in [2.75, 3.05) is 5.32 Å². The minimum atomic E-state index is 0.647. The summed E-state index contributed by atoms with van der Waals surface area (Å²) in [6, 6.07) is 17.8. The van der Waals surface area contributed by atoms with Gasteiger partial charge in [0.05, 0.1) is 17.1 Å². The standard InChI is InChI=1S/C19H17IN4S/c1-12-2-7-17(18(25)10-12)22-11-15(21)13-3-5-14(6-4-13)16-8-9-19(20)24-23-16/h2-11,22,25H,21H2,1H3/b15-11-. The fraction of sp³-hybridized carbons (Fsp3) is 0.0526. The number of nitrogens with zero attached hydrogens (tertiary/aromatic N) is 2. The number of hydrogen-bond donors (Lipinski definition) is 3.